The minimum atomic E-state index is -0.131. The number of ether oxygens (including phenoxy) is 1. The van der Waals surface area contributed by atoms with Gasteiger partial charge in [-0.25, -0.2) is 15.0 Å². The Morgan fingerprint density at radius 1 is 1.28 bits per heavy atom. The van der Waals surface area contributed by atoms with Crippen molar-refractivity contribution in [3.8, 4) is 0 Å². The SMILES string of the molecule is CC1=NC2N=CNC2C(OCc2ccccc2)=N1. The number of nitrogens with one attached hydrogen (secondary N) is 1. The van der Waals surface area contributed by atoms with Crippen LogP contribution in [0.15, 0.2) is 45.3 Å². The molecular formula is C13H14N4O. The molecule has 92 valence electrons. The van der Waals surface area contributed by atoms with Crippen LogP contribution in [0, 0.1) is 0 Å². The highest BCUT2D eigenvalue weighted by Crippen LogP contribution is 2.15. The molecule has 2 unspecified atom stereocenters. The van der Waals surface area contributed by atoms with Crippen molar-refractivity contribution in [2.75, 3.05) is 0 Å². The van der Waals surface area contributed by atoms with Crippen LogP contribution in [-0.4, -0.2) is 30.3 Å². The van der Waals surface area contributed by atoms with Crippen LogP contribution in [0.3, 0.4) is 0 Å². The van der Waals surface area contributed by atoms with Crippen molar-refractivity contribution in [3.63, 3.8) is 0 Å². The van der Waals surface area contributed by atoms with Gasteiger partial charge in [-0.2, -0.15) is 0 Å². The highest BCUT2D eigenvalue weighted by molar-refractivity contribution is 5.99. The van der Waals surface area contributed by atoms with Crippen molar-refractivity contribution >= 4 is 18.1 Å². The van der Waals surface area contributed by atoms with Gasteiger partial charge in [-0.3, -0.25) is 0 Å². The molecule has 0 bridgehead atoms. The fourth-order valence-electron chi connectivity index (χ4n) is 1.98. The number of aliphatic imine (C=N–C) groups is 3. The van der Waals surface area contributed by atoms with Gasteiger partial charge in [0.25, 0.3) is 0 Å². The van der Waals surface area contributed by atoms with Gasteiger partial charge in [0, 0.05) is 0 Å². The molecule has 2 heterocycles. The summed E-state index contributed by atoms with van der Waals surface area (Å²) >= 11 is 0. The molecule has 3 rings (SSSR count). The van der Waals surface area contributed by atoms with Gasteiger partial charge in [-0.15, -0.1) is 0 Å². The summed E-state index contributed by atoms with van der Waals surface area (Å²) < 4.78 is 5.78. The second kappa shape index (κ2) is 4.60. The topological polar surface area (TPSA) is 58.3 Å². The Morgan fingerprint density at radius 3 is 2.94 bits per heavy atom. The third-order valence-electron chi connectivity index (χ3n) is 2.87. The summed E-state index contributed by atoms with van der Waals surface area (Å²) in [5.74, 6) is 1.37. The van der Waals surface area contributed by atoms with E-state index in [9.17, 15) is 0 Å². The van der Waals surface area contributed by atoms with E-state index >= 15 is 0 Å². The van der Waals surface area contributed by atoms with E-state index in [1.165, 1.54) is 0 Å². The van der Waals surface area contributed by atoms with E-state index in [-0.39, 0.29) is 12.2 Å². The first-order valence-corrected chi connectivity index (χ1v) is 5.90. The molecule has 0 aliphatic carbocycles. The molecule has 1 N–H and O–H groups in total. The van der Waals surface area contributed by atoms with E-state index in [0.29, 0.717) is 18.3 Å². The first kappa shape index (κ1) is 11.0. The Kier molecular flexibility index (Phi) is 2.80. The molecule has 5 nitrogen and oxygen atoms in total. The van der Waals surface area contributed by atoms with Crippen LogP contribution in [0.4, 0.5) is 0 Å². The number of fused-ring (bicyclic) bond motifs is 1. The molecule has 0 radical (unpaired) electrons. The van der Waals surface area contributed by atoms with Crippen molar-refractivity contribution in [1.82, 2.24) is 5.32 Å². The Hall–Kier alpha value is -2.17. The molecule has 1 aromatic rings. The van der Waals surface area contributed by atoms with Crippen LogP contribution in [0.5, 0.6) is 0 Å². The van der Waals surface area contributed by atoms with E-state index in [1.807, 2.05) is 37.3 Å². The van der Waals surface area contributed by atoms with Gasteiger partial charge in [0.15, 0.2) is 6.17 Å². The summed E-state index contributed by atoms with van der Waals surface area (Å²) in [6.45, 7) is 2.37. The fraction of sp³-hybridized carbons (Fsp3) is 0.308. The number of hydrogen-bond acceptors (Lipinski definition) is 5. The summed E-state index contributed by atoms with van der Waals surface area (Å²) in [5, 5.41) is 3.11. The summed E-state index contributed by atoms with van der Waals surface area (Å²) in [6.07, 6.45) is 1.53. The predicted molar refractivity (Wildman–Crippen MR) is 71.0 cm³/mol. The van der Waals surface area contributed by atoms with Crippen LogP contribution in [-0.2, 0) is 11.3 Å². The number of nitrogens with zero attached hydrogens (tertiary/aromatic N) is 3. The summed E-state index contributed by atoms with van der Waals surface area (Å²) in [6, 6.07) is 9.97. The lowest BCUT2D eigenvalue weighted by Gasteiger charge is -2.22. The number of rotatable bonds is 2. The van der Waals surface area contributed by atoms with Crippen molar-refractivity contribution < 1.29 is 4.74 Å². The maximum atomic E-state index is 5.78. The van der Waals surface area contributed by atoms with Crippen LogP contribution >= 0.6 is 0 Å². The third-order valence-corrected chi connectivity index (χ3v) is 2.87. The Labute approximate surface area is 105 Å². The van der Waals surface area contributed by atoms with Crippen molar-refractivity contribution in [1.29, 1.82) is 0 Å². The largest absolute Gasteiger partial charge is 0.474 e. The smallest absolute Gasteiger partial charge is 0.217 e. The van der Waals surface area contributed by atoms with Crippen LogP contribution in [0.25, 0.3) is 0 Å². The summed E-state index contributed by atoms with van der Waals surface area (Å²) in [4.78, 5) is 12.9. The van der Waals surface area contributed by atoms with Gasteiger partial charge >= 0.3 is 0 Å². The van der Waals surface area contributed by atoms with Gasteiger partial charge in [0.05, 0.1) is 6.34 Å². The molecule has 2 aliphatic rings. The maximum Gasteiger partial charge on any atom is 0.217 e. The van der Waals surface area contributed by atoms with E-state index in [1.54, 1.807) is 6.34 Å². The molecule has 18 heavy (non-hydrogen) atoms. The minimum absolute atomic E-state index is 0.0580. The first-order valence-electron chi connectivity index (χ1n) is 5.90. The minimum Gasteiger partial charge on any atom is -0.474 e. The van der Waals surface area contributed by atoms with Gasteiger partial charge in [0.1, 0.15) is 18.5 Å². The average Bonchev–Trinajstić information content (AvgIpc) is 2.85. The average molecular weight is 242 g/mol. The van der Waals surface area contributed by atoms with E-state index in [2.05, 4.69) is 20.3 Å². The first-order chi connectivity index (χ1) is 8.83. The molecule has 0 saturated carbocycles. The number of amidine groups is 1. The normalized spacial score (nSPS) is 24.9. The zero-order chi connectivity index (χ0) is 12.4. The molecule has 5 heteroatoms. The molecule has 2 atom stereocenters. The molecule has 0 saturated heterocycles. The highest BCUT2D eigenvalue weighted by atomic mass is 16.5. The molecule has 0 fully saturated rings. The third kappa shape index (κ3) is 2.11. The van der Waals surface area contributed by atoms with Crippen LogP contribution in [0.2, 0.25) is 0 Å². The molecule has 0 amide bonds. The quantitative estimate of drug-likeness (QED) is 0.851. The van der Waals surface area contributed by atoms with E-state index in [0.717, 1.165) is 5.56 Å². The summed E-state index contributed by atoms with van der Waals surface area (Å²) in [7, 11) is 0. The second-order valence-electron chi connectivity index (χ2n) is 4.24. The van der Waals surface area contributed by atoms with Gasteiger partial charge in [-0.1, -0.05) is 30.3 Å². The molecule has 1 aromatic carbocycles. The van der Waals surface area contributed by atoms with Gasteiger partial charge in [0.2, 0.25) is 5.90 Å². The second-order valence-corrected chi connectivity index (χ2v) is 4.24. The molecule has 0 spiro atoms. The lowest BCUT2D eigenvalue weighted by atomic mass is 10.2. The van der Waals surface area contributed by atoms with E-state index in [4.69, 9.17) is 4.74 Å². The van der Waals surface area contributed by atoms with Crippen molar-refractivity contribution in [2.24, 2.45) is 15.0 Å². The molecule has 0 aromatic heterocycles. The van der Waals surface area contributed by atoms with E-state index < -0.39 is 0 Å². The predicted octanol–water partition coefficient (Wildman–Crippen LogP) is 1.36. The lowest BCUT2D eigenvalue weighted by molar-refractivity contribution is 0.272. The van der Waals surface area contributed by atoms with Crippen LogP contribution in [0.1, 0.15) is 12.5 Å². The Bertz CT molecular complexity index is 521. The Balaban J connectivity index is 1.71. The Morgan fingerprint density at radius 2 is 2.11 bits per heavy atom. The zero-order valence-electron chi connectivity index (χ0n) is 10.1. The zero-order valence-corrected chi connectivity index (χ0v) is 10.1. The fourth-order valence-corrected chi connectivity index (χ4v) is 1.98. The molecular weight excluding hydrogens is 228 g/mol. The van der Waals surface area contributed by atoms with Gasteiger partial charge in [-0.05, 0) is 12.5 Å². The standard InChI is InChI=1S/C13H14N4O/c1-9-16-12-11(14-8-15-12)13(17-9)18-7-10-5-3-2-4-6-10/h2-6,8,11-12H,7H2,1H3,(H,14,15). The monoisotopic (exact) mass is 242 g/mol. The van der Waals surface area contributed by atoms with Crippen molar-refractivity contribution in [3.05, 3.63) is 35.9 Å². The van der Waals surface area contributed by atoms with Crippen LogP contribution < -0.4 is 5.32 Å². The van der Waals surface area contributed by atoms with Gasteiger partial charge < -0.3 is 10.1 Å². The maximum absolute atomic E-state index is 5.78. The lowest BCUT2D eigenvalue weighted by Crippen LogP contribution is -2.43. The molecule has 2 aliphatic heterocycles. The number of hydrogen-bond donors (Lipinski definition) is 1. The number of benzene rings is 1. The summed E-state index contributed by atoms with van der Waals surface area (Å²) in [5.41, 5.74) is 1.12. The highest BCUT2D eigenvalue weighted by Gasteiger charge is 2.32. The van der Waals surface area contributed by atoms with Crippen molar-refractivity contribution in [2.45, 2.75) is 25.7 Å².